The summed E-state index contributed by atoms with van der Waals surface area (Å²) in [6.07, 6.45) is 14.0. The van der Waals surface area contributed by atoms with Crippen LogP contribution >= 0.6 is 0 Å². The van der Waals surface area contributed by atoms with Gasteiger partial charge < -0.3 is 14.6 Å². The van der Waals surface area contributed by atoms with Crippen LogP contribution < -0.4 is 0 Å². The molecule has 0 aromatic heterocycles. The summed E-state index contributed by atoms with van der Waals surface area (Å²) < 4.78 is 12.2. The number of epoxide rings is 1. The van der Waals surface area contributed by atoms with Crippen LogP contribution in [0.3, 0.4) is 0 Å². The summed E-state index contributed by atoms with van der Waals surface area (Å²) in [5, 5.41) is 10.4. The van der Waals surface area contributed by atoms with E-state index in [-0.39, 0.29) is 29.2 Å². The maximum absolute atomic E-state index is 11.8. The van der Waals surface area contributed by atoms with E-state index in [4.69, 9.17) is 9.47 Å². The van der Waals surface area contributed by atoms with Crippen LogP contribution in [0.5, 0.6) is 0 Å². The second kappa shape index (κ2) is 6.34. The van der Waals surface area contributed by atoms with Crippen LogP contribution in [0.2, 0.25) is 0 Å². The fourth-order valence-corrected chi connectivity index (χ4v) is 9.68. The zero-order valence-electron chi connectivity index (χ0n) is 18.8. The minimum Gasteiger partial charge on any atom is -0.459 e. The molecule has 0 aromatic rings. The molecular formula is C26H38O4. The number of carbonyl (C=O) groups excluding carboxylic acids is 1. The molecule has 2 heterocycles. The molecule has 0 aromatic carbocycles. The van der Waals surface area contributed by atoms with E-state index in [0.717, 1.165) is 43.4 Å². The van der Waals surface area contributed by atoms with Gasteiger partial charge in [0.2, 0.25) is 0 Å². The molecule has 4 heteroatoms. The number of cyclic esters (lactones) is 1. The highest BCUT2D eigenvalue weighted by molar-refractivity contribution is 5.82. The molecule has 2 aliphatic heterocycles. The van der Waals surface area contributed by atoms with Crippen molar-refractivity contribution in [1.29, 1.82) is 0 Å². The first kappa shape index (κ1) is 19.8. The van der Waals surface area contributed by atoms with Crippen molar-refractivity contribution >= 4 is 5.97 Å². The van der Waals surface area contributed by atoms with E-state index in [0.29, 0.717) is 23.4 Å². The Hall–Kier alpha value is -0.870. The lowest BCUT2D eigenvalue weighted by Gasteiger charge is -2.59. The van der Waals surface area contributed by atoms with E-state index in [9.17, 15) is 9.90 Å². The molecule has 6 aliphatic rings. The topological polar surface area (TPSA) is 59.1 Å². The van der Waals surface area contributed by atoms with Crippen LogP contribution in [0.1, 0.15) is 78.6 Å². The van der Waals surface area contributed by atoms with Gasteiger partial charge in [0.05, 0.1) is 12.2 Å². The number of hydrogen-bond donors (Lipinski definition) is 1. The Bertz CT molecular complexity index is 777. The zero-order chi connectivity index (χ0) is 20.9. The zero-order valence-corrected chi connectivity index (χ0v) is 18.8. The monoisotopic (exact) mass is 414 g/mol. The van der Waals surface area contributed by atoms with Crippen molar-refractivity contribution in [1.82, 2.24) is 0 Å². The third kappa shape index (κ3) is 2.44. The van der Waals surface area contributed by atoms with Gasteiger partial charge in [-0.2, -0.15) is 0 Å². The highest BCUT2D eigenvalue weighted by Gasteiger charge is 2.76. The molecule has 5 fully saturated rings. The number of hydrogen-bond acceptors (Lipinski definition) is 4. The van der Waals surface area contributed by atoms with Gasteiger partial charge in [0, 0.05) is 24.3 Å². The number of rotatable bonds is 2. The van der Waals surface area contributed by atoms with E-state index < -0.39 is 0 Å². The van der Waals surface area contributed by atoms with Crippen LogP contribution in [0, 0.1) is 40.4 Å². The molecule has 4 saturated carbocycles. The number of fused-ring (bicyclic) bond motifs is 4. The summed E-state index contributed by atoms with van der Waals surface area (Å²) in [5.41, 5.74) is 0.579. The Morgan fingerprint density at radius 2 is 1.97 bits per heavy atom. The fraction of sp³-hybridized carbons (Fsp3) is 0.885. The molecule has 0 radical (unpaired) electrons. The number of aliphatic hydroxyl groups is 1. The van der Waals surface area contributed by atoms with Crippen LogP contribution in [-0.4, -0.2) is 35.0 Å². The number of aliphatic hydroxyl groups excluding tert-OH is 1. The molecule has 0 unspecified atom stereocenters. The van der Waals surface area contributed by atoms with Gasteiger partial charge >= 0.3 is 5.97 Å². The second-order valence-electron chi connectivity index (χ2n) is 12.1. The van der Waals surface area contributed by atoms with Gasteiger partial charge in [-0.15, -0.1) is 0 Å². The lowest BCUT2D eigenvalue weighted by molar-refractivity contribution is -0.151. The minimum absolute atomic E-state index is 0.0203. The molecule has 1 saturated heterocycles. The van der Waals surface area contributed by atoms with E-state index in [2.05, 4.69) is 20.8 Å². The van der Waals surface area contributed by atoms with Crippen LogP contribution in [0.15, 0.2) is 12.2 Å². The van der Waals surface area contributed by atoms with Crippen molar-refractivity contribution in [3.05, 3.63) is 12.2 Å². The SMILES string of the molecule is C[C@@H]([C@H]1CC[C@H]2[C@@H]3C[C@@H]4O[C@@]45C[C@@H](O)CC[C@]5(C)[C@H]3CC[C@]12C)[C@H]1CC=CC(=O)O1. The third-order valence-electron chi connectivity index (χ3n) is 11.2. The van der Waals surface area contributed by atoms with Crippen LogP contribution in [0.4, 0.5) is 0 Å². The second-order valence-corrected chi connectivity index (χ2v) is 12.1. The molecule has 6 rings (SSSR count). The average molecular weight is 415 g/mol. The predicted octanol–water partition coefficient (Wildman–Crippen LogP) is 4.65. The summed E-state index contributed by atoms with van der Waals surface area (Å²) in [7, 11) is 0. The number of carbonyl (C=O) groups is 1. The maximum Gasteiger partial charge on any atom is 0.330 e. The van der Waals surface area contributed by atoms with Gasteiger partial charge in [0.1, 0.15) is 11.7 Å². The Balaban J connectivity index is 1.26. The molecular weight excluding hydrogens is 376 g/mol. The molecule has 11 atom stereocenters. The van der Waals surface area contributed by atoms with Gasteiger partial charge in [0.15, 0.2) is 0 Å². The highest BCUT2D eigenvalue weighted by Crippen LogP contribution is 2.74. The largest absolute Gasteiger partial charge is 0.459 e. The molecule has 1 spiro atoms. The summed E-state index contributed by atoms with van der Waals surface area (Å²) in [5.74, 6) is 3.17. The van der Waals surface area contributed by atoms with Gasteiger partial charge in [-0.05, 0) is 80.0 Å². The van der Waals surface area contributed by atoms with Crippen molar-refractivity contribution in [2.45, 2.75) is 102 Å². The third-order valence-corrected chi connectivity index (χ3v) is 11.2. The first-order chi connectivity index (χ1) is 14.3. The molecule has 166 valence electrons. The number of ether oxygens (including phenoxy) is 2. The first-order valence-corrected chi connectivity index (χ1v) is 12.5. The van der Waals surface area contributed by atoms with Crippen molar-refractivity contribution in [2.24, 2.45) is 40.4 Å². The Morgan fingerprint density at radius 3 is 2.77 bits per heavy atom. The van der Waals surface area contributed by atoms with E-state index in [1.54, 1.807) is 6.08 Å². The molecule has 0 amide bonds. The van der Waals surface area contributed by atoms with Gasteiger partial charge in [-0.1, -0.05) is 26.8 Å². The van der Waals surface area contributed by atoms with E-state index in [1.807, 2.05) is 6.08 Å². The van der Waals surface area contributed by atoms with Crippen molar-refractivity contribution in [2.75, 3.05) is 0 Å². The molecule has 0 bridgehead atoms. The highest BCUT2D eigenvalue weighted by atomic mass is 16.6. The Labute approximate surface area is 180 Å². The van der Waals surface area contributed by atoms with Crippen LogP contribution in [0.25, 0.3) is 0 Å². The van der Waals surface area contributed by atoms with Gasteiger partial charge in [-0.25, -0.2) is 4.79 Å². The lowest BCUT2D eigenvalue weighted by atomic mass is 9.44. The van der Waals surface area contributed by atoms with E-state index in [1.165, 1.54) is 32.1 Å². The summed E-state index contributed by atoms with van der Waals surface area (Å²) in [6, 6.07) is 0. The lowest BCUT2D eigenvalue weighted by Crippen LogP contribution is -2.58. The molecule has 4 nitrogen and oxygen atoms in total. The smallest absolute Gasteiger partial charge is 0.330 e. The van der Waals surface area contributed by atoms with Crippen LogP contribution in [-0.2, 0) is 14.3 Å². The molecule has 1 N–H and O–H groups in total. The number of esters is 1. The van der Waals surface area contributed by atoms with Crippen molar-refractivity contribution in [3.63, 3.8) is 0 Å². The molecule has 4 aliphatic carbocycles. The summed E-state index contributed by atoms with van der Waals surface area (Å²) in [6.45, 7) is 7.40. The standard InChI is InChI=1S/C26H38O4/c1-15(21-5-4-6-23(28)29-21)18-7-8-19-17-13-22-26(30-22)14-16(27)9-12-25(26,3)20(17)10-11-24(18,19)2/h4,6,15-22,27H,5,7-14H2,1-3H3/t15-,16-,17-,18+,19-,20-,21+,22-,24+,25+,26-/m0/s1. The van der Waals surface area contributed by atoms with Crippen molar-refractivity contribution in [3.8, 4) is 0 Å². The maximum atomic E-state index is 11.8. The first-order valence-electron chi connectivity index (χ1n) is 12.5. The summed E-state index contributed by atoms with van der Waals surface area (Å²) >= 11 is 0. The van der Waals surface area contributed by atoms with E-state index >= 15 is 0 Å². The minimum atomic E-state index is -0.169. The normalized spacial score (nSPS) is 57.5. The predicted molar refractivity (Wildman–Crippen MR) is 114 cm³/mol. The Kier molecular flexibility index (Phi) is 4.18. The average Bonchev–Trinajstić information content (AvgIpc) is 3.29. The Morgan fingerprint density at radius 1 is 1.13 bits per heavy atom. The van der Waals surface area contributed by atoms with Crippen molar-refractivity contribution < 1.29 is 19.4 Å². The quantitative estimate of drug-likeness (QED) is 0.528. The molecule has 30 heavy (non-hydrogen) atoms. The van der Waals surface area contributed by atoms with Gasteiger partial charge in [0.25, 0.3) is 0 Å². The fourth-order valence-electron chi connectivity index (χ4n) is 9.68. The summed E-state index contributed by atoms with van der Waals surface area (Å²) in [4.78, 5) is 11.8. The van der Waals surface area contributed by atoms with Gasteiger partial charge in [-0.3, -0.25) is 0 Å².